The number of β-amino-alcohol motifs (C(OH)–C–C–N with tert-alkyl or cyclic N) is 1. The lowest BCUT2D eigenvalue weighted by molar-refractivity contribution is 0.0625. The van der Waals surface area contributed by atoms with E-state index in [0.29, 0.717) is 24.0 Å². The zero-order valence-electron chi connectivity index (χ0n) is 11.1. The predicted octanol–water partition coefficient (Wildman–Crippen LogP) is 2.95. The van der Waals surface area contributed by atoms with E-state index in [0.717, 1.165) is 30.7 Å². The lowest BCUT2D eigenvalue weighted by atomic mass is 10.1. The number of likely N-dealkylation sites (tertiary alicyclic amines) is 1. The highest BCUT2D eigenvalue weighted by Crippen LogP contribution is 2.24. The molecule has 0 saturated carbocycles. The molecule has 0 bridgehead atoms. The number of hydrogen-bond donors (Lipinski definition) is 1. The lowest BCUT2D eigenvalue weighted by Crippen LogP contribution is -2.37. The molecule has 1 aliphatic heterocycles. The fraction of sp³-hybridized carbons (Fsp3) is 0.400. The molecule has 0 aliphatic carbocycles. The van der Waals surface area contributed by atoms with E-state index < -0.39 is 0 Å². The van der Waals surface area contributed by atoms with Gasteiger partial charge in [0.25, 0.3) is 0 Å². The van der Waals surface area contributed by atoms with E-state index in [4.69, 9.17) is 16.0 Å². The molecule has 3 rings (SSSR count). The summed E-state index contributed by atoms with van der Waals surface area (Å²) in [7, 11) is 0. The second-order valence-corrected chi connectivity index (χ2v) is 5.60. The van der Waals surface area contributed by atoms with Crippen LogP contribution in [0.1, 0.15) is 18.7 Å². The highest BCUT2D eigenvalue weighted by molar-refractivity contribution is 6.30. The van der Waals surface area contributed by atoms with Crippen molar-refractivity contribution in [3.63, 3.8) is 0 Å². The summed E-state index contributed by atoms with van der Waals surface area (Å²) < 4.78 is 5.77. The third-order valence-corrected chi connectivity index (χ3v) is 3.74. The summed E-state index contributed by atoms with van der Waals surface area (Å²) in [5.41, 5.74) is 0.926. The molecule has 1 saturated heterocycles. The van der Waals surface area contributed by atoms with Gasteiger partial charge in [0.2, 0.25) is 5.89 Å². The van der Waals surface area contributed by atoms with Crippen LogP contribution in [0, 0.1) is 0 Å². The van der Waals surface area contributed by atoms with Gasteiger partial charge in [-0.2, -0.15) is 0 Å². The van der Waals surface area contributed by atoms with Crippen LogP contribution in [0.5, 0.6) is 0 Å². The average molecular weight is 293 g/mol. The van der Waals surface area contributed by atoms with Crippen molar-refractivity contribution in [2.45, 2.75) is 25.5 Å². The molecule has 0 spiro atoms. The molecule has 1 aromatic heterocycles. The smallest absolute Gasteiger partial charge is 0.209 e. The van der Waals surface area contributed by atoms with Gasteiger partial charge in [0, 0.05) is 17.1 Å². The molecule has 2 heterocycles. The normalized spacial score (nSPS) is 20.2. The van der Waals surface area contributed by atoms with Gasteiger partial charge in [-0.3, -0.25) is 4.90 Å². The molecule has 1 aliphatic rings. The Morgan fingerprint density at radius 3 is 3.15 bits per heavy atom. The van der Waals surface area contributed by atoms with Crippen LogP contribution in [0.4, 0.5) is 0 Å². The lowest BCUT2D eigenvalue weighted by Gasteiger charge is -2.28. The summed E-state index contributed by atoms with van der Waals surface area (Å²) in [5.74, 6) is 1.40. The SMILES string of the molecule is O[C@@H]1CCCN(Cc2ncc(-c3cccc(Cl)c3)o2)C1. The maximum absolute atomic E-state index is 9.66. The molecule has 1 aromatic carbocycles. The standard InChI is InChI=1S/C15H17ClN2O2/c16-12-4-1-3-11(7-12)14-8-17-15(20-14)10-18-6-2-5-13(19)9-18/h1,3-4,7-8,13,19H,2,5-6,9-10H2/t13-/m1/s1. The van der Waals surface area contributed by atoms with E-state index in [9.17, 15) is 5.11 Å². The second-order valence-electron chi connectivity index (χ2n) is 5.16. The number of aromatic nitrogens is 1. The number of rotatable bonds is 3. The first-order valence-electron chi connectivity index (χ1n) is 6.82. The molecule has 1 atom stereocenters. The summed E-state index contributed by atoms with van der Waals surface area (Å²) >= 11 is 5.98. The Bertz CT molecular complexity index is 585. The van der Waals surface area contributed by atoms with Crippen molar-refractivity contribution in [1.29, 1.82) is 0 Å². The molecular weight excluding hydrogens is 276 g/mol. The van der Waals surface area contributed by atoms with Crippen molar-refractivity contribution in [3.8, 4) is 11.3 Å². The summed E-state index contributed by atoms with van der Waals surface area (Å²) in [6, 6.07) is 7.52. The first-order valence-corrected chi connectivity index (χ1v) is 7.19. The van der Waals surface area contributed by atoms with Crippen molar-refractivity contribution in [1.82, 2.24) is 9.88 Å². The Balaban J connectivity index is 1.70. The predicted molar refractivity (Wildman–Crippen MR) is 77.5 cm³/mol. The maximum atomic E-state index is 9.66. The van der Waals surface area contributed by atoms with Crippen molar-refractivity contribution < 1.29 is 9.52 Å². The van der Waals surface area contributed by atoms with Gasteiger partial charge >= 0.3 is 0 Å². The number of nitrogens with zero attached hydrogens (tertiary/aromatic N) is 2. The number of hydrogen-bond acceptors (Lipinski definition) is 4. The Labute approximate surface area is 123 Å². The summed E-state index contributed by atoms with van der Waals surface area (Å²) in [4.78, 5) is 6.48. The Morgan fingerprint density at radius 1 is 1.45 bits per heavy atom. The largest absolute Gasteiger partial charge is 0.439 e. The summed E-state index contributed by atoms with van der Waals surface area (Å²) in [6.07, 6.45) is 3.39. The van der Waals surface area contributed by atoms with Crippen molar-refractivity contribution in [2.24, 2.45) is 0 Å². The second kappa shape index (κ2) is 5.95. The summed E-state index contributed by atoms with van der Waals surface area (Å²) in [5, 5.41) is 10.3. The first-order chi connectivity index (χ1) is 9.70. The van der Waals surface area contributed by atoms with Gasteiger partial charge in [-0.05, 0) is 31.5 Å². The molecule has 1 N–H and O–H groups in total. The van der Waals surface area contributed by atoms with Crippen LogP contribution in [-0.4, -0.2) is 34.2 Å². The maximum Gasteiger partial charge on any atom is 0.209 e. The molecule has 2 aromatic rings. The molecule has 1 fully saturated rings. The van der Waals surface area contributed by atoms with Crippen LogP contribution in [0.25, 0.3) is 11.3 Å². The number of piperidine rings is 1. The highest BCUT2D eigenvalue weighted by atomic mass is 35.5. The molecular formula is C15H17ClN2O2. The van der Waals surface area contributed by atoms with E-state index in [2.05, 4.69) is 9.88 Å². The van der Waals surface area contributed by atoms with E-state index in [1.54, 1.807) is 6.20 Å². The molecule has 0 unspecified atom stereocenters. The van der Waals surface area contributed by atoms with Crippen LogP contribution in [0.3, 0.4) is 0 Å². The van der Waals surface area contributed by atoms with Gasteiger partial charge in [-0.1, -0.05) is 23.7 Å². The third kappa shape index (κ3) is 3.20. The highest BCUT2D eigenvalue weighted by Gasteiger charge is 2.19. The number of halogens is 1. The summed E-state index contributed by atoms with van der Waals surface area (Å²) in [6.45, 7) is 2.30. The van der Waals surface area contributed by atoms with E-state index in [1.165, 1.54) is 0 Å². The van der Waals surface area contributed by atoms with Gasteiger partial charge < -0.3 is 9.52 Å². The number of aliphatic hydroxyl groups excluding tert-OH is 1. The van der Waals surface area contributed by atoms with Gasteiger partial charge in [0.05, 0.1) is 18.8 Å². The van der Waals surface area contributed by atoms with Gasteiger partial charge in [-0.15, -0.1) is 0 Å². The Hall–Kier alpha value is -1.36. The molecule has 0 amide bonds. The van der Waals surface area contributed by atoms with Crippen molar-refractivity contribution in [3.05, 3.63) is 41.4 Å². The monoisotopic (exact) mass is 292 g/mol. The number of aliphatic hydroxyl groups is 1. The van der Waals surface area contributed by atoms with Crippen LogP contribution in [0.15, 0.2) is 34.9 Å². The molecule has 20 heavy (non-hydrogen) atoms. The number of oxazole rings is 1. The quantitative estimate of drug-likeness (QED) is 0.945. The Kier molecular flexibility index (Phi) is 4.05. The van der Waals surface area contributed by atoms with Gasteiger partial charge in [0.1, 0.15) is 0 Å². The third-order valence-electron chi connectivity index (χ3n) is 3.50. The van der Waals surface area contributed by atoms with E-state index in [-0.39, 0.29) is 6.10 Å². The number of benzene rings is 1. The molecule has 0 radical (unpaired) electrons. The fourth-order valence-electron chi connectivity index (χ4n) is 2.52. The molecule has 4 nitrogen and oxygen atoms in total. The topological polar surface area (TPSA) is 49.5 Å². The molecule has 106 valence electrons. The average Bonchev–Trinajstić information content (AvgIpc) is 2.87. The van der Waals surface area contributed by atoms with Crippen LogP contribution in [0.2, 0.25) is 5.02 Å². The minimum Gasteiger partial charge on any atom is -0.439 e. The molecule has 5 heteroatoms. The Morgan fingerprint density at radius 2 is 2.35 bits per heavy atom. The first kappa shape index (κ1) is 13.6. The minimum atomic E-state index is -0.230. The zero-order valence-corrected chi connectivity index (χ0v) is 11.9. The fourth-order valence-corrected chi connectivity index (χ4v) is 2.71. The van der Waals surface area contributed by atoms with Gasteiger partial charge in [0.15, 0.2) is 5.76 Å². The zero-order chi connectivity index (χ0) is 13.9. The van der Waals surface area contributed by atoms with Crippen molar-refractivity contribution >= 4 is 11.6 Å². The van der Waals surface area contributed by atoms with Gasteiger partial charge in [-0.25, -0.2) is 4.98 Å². The van der Waals surface area contributed by atoms with Crippen molar-refractivity contribution in [2.75, 3.05) is 13.1 Å². The van der Waals surface area contributed by atoms with Crippen LogP contribution >= 0.6 is 11.6 Å². The van der Waals surface area contributed by atoms with E-state index >= 15 is 0 Å². The van der Waals surface area contributed by atoms with Crippen LogP contribution < -0.4 is 0 Å². The van der Waals surface area contributed by atoms with Crippen LogP contribution in [-0.2, 0) is 6.54 Å². The van der Waals surface area contributed by atoms with E-state index in [1.807, 2.05) is 24.3 Å². The minimum absolute atomic E-state index is 0.230.